The second-order valence-electron chi connectivity index (χ2n) is 7.99. The number of rotatable bonds is 4. The van der Waals surface area contributed by atoms with E-state index in [-0.39, 0.29) is 0 Å². The van der Waals surface area contributed by atoms with Crippen LogP contribution in [0.1, 0.15) is 11.1 Å². The molecule has 158 valence electrons. The summed E-state index contributed by atoms with van der Waals surface area (Å²) in [4.78, 5) is 0. The zero-order valence-electron chi connectivity index (χ0n) is 17.7. The van der Waals surface area contributed by atoms with Crippen LogP contribution < -0.4 is 10.1 Å². The number of fused-ring (bicyclic) bond motifs is 2. The van der Waals surface area contributed by atoms with Crippen molar-refractivity contribution in [2.75, 3.05) is 13.7 Å². The number of benzene rings is 3. The molecule has 2 N–H and O–H groups in total. The molecule has 0 fully saturated rings. The van der Waals surface area contributed by atoms with Gasteiger partial charge in [-0.15, -0.1) is 5.10 Å². The Balaban J connectivity index is 1.38. The van der Waals surface area contributed by atoms with Gasteiger partial charge in [0.2, 0.25) is 0 Å². The molecule has 1 aliphatic heterocycles. The van der Waals surface area contributed by atoms with Crippen molar-refractivity contribution in [3.8, 4) is 34.0 Å². The molecule has 0 radical (unpaired) electrons. The summed E-state index contributed by atoms with van der Waals surface area (Å²) in [6, 6.07) is 20.8. The molecule has 0 bridgehead atoms. The molecule has 0 spiro atoms. The van der Waals surface area contributed by atoms with Gasteiger partial charge in [0.25, 0.3) is 0 Å². The summed E-state index contributed by atoms with van der Waals surface area (Å²) in [6.45, 7) is 1.92. The van der Waals surface area contributed by atoms with Crippen LogP contribution in [0.5, 0.6) is 5.75 Å². The Hall–Kier alpha value is -3.97. The summed E-state index contributed by atoms with van der Waals surface area (Å²) >= 11 is 0. The van der Waals surface area contributed by atoms with E-state index in [4.69, 9.17) is 4.74 Å². The zero-order valence-corrected chi connectivity index (χ0v) is 17.7. The third kappa shape index (κ3) is 3.23. The number of aromatic amines is 1. The molecule has 1 aliphatic rings. The first-order chi connectivity index (χ1) is 15.8. The van der Waals surface area contributed by atoms with E-state index >= 15 is 0 Å². The van der Waals surface area contributed by atoms with E-state index in [1.54, 1.807) is 7.11 Å². The number of methoxy groups -OCH3 is 1. The molecule has 0 amide bonds. The second-order valence-corrected chi connectivity index (χ2v) is 7.99. The highest BCUT2D eigenvalue weighted by atomic mass is 16.5. The SMILES string of the molecule is COc1cccc(-c2ccc3[nH]nc(-c4cn(-c5ccc6c(c5)CNCC6)nn4)c3c2)c1. The first kappa shape index (κ1) is 18.8. The topological polar surface area (TPSA) is 80.6 Å². The van der Waals surface area contributed by atoms with E-state index in [2.05, 4.69) is 62.2 Å². The number of hydrogen-bond donors (Lipinski definition) is 2. The predicted molar refractivity (Wildman–Crippen MR) is 124 cm³/mol. The summed E-state index contributed by atoms with van der Waals surface area (Å²) in [5, 5.41) is 20.9. The summed E-state index contributed by atoms with van der Waals surface area (Å²) in [5.74, 6) is 0.832. The molecule has 7 heteroatoms. The largest absolute Gasteiger partial charge is 0.497 e. The Morgan fingerprint density at radius 1 is 0.969 bits per heavy atom. The van der Waals surface area contributed by atoms with Gasteiger partial charge in [-0.05, 0) is 71.6 Å². The van der Waals surface area contributed by atoms with Crippen molar-refractivity contribution in [3.63, 3.8) is 0 Å². The van der Waals surface area contributed by atoms with Crippen LogP contribution in [0.25, 0.3) is 39.1 Å². The highest BCUT2D eigenvalue weighted by molar-refractivity contribution is 5.94. The molecule has 0 saturated heterocycles. The van der Waals surface area contributed by atoms with Crippen molar-refractivity contribution < 1.29 is 4.74 Å². The second kappa shape index (κ2) is 7.62. The summed E-state index contributed by atoms with van der Waals surface area (Å²) in [6.07, 6.45) is 3.00. The Kier molecular flexibility index (Phi) is 4.47. The Labute approximate surface area is 185 Å². The van der Waals surface area contributed by atoms with Crippen LogP contribution in [0.2, 0.25) is 0 Å². The number of hydrogen-bond acceptors (Lipinski definition) is 5. The fourth-order valence-electron chi connectivity index (χ4n) is 4.30. The molecule has 3 aromatic carbocycles. The van der Waals surface area contributed by atoms with Gasteiger partial charge < -0.3 is 10.1 Å². The monoisotopic (exact) mass is 422 g/mol. The number of nitrogens with zero attached hydrogens (tertiary/aromatic N) is 4. The third-order valence-electron chi connectivity index (χ3n) is 6.04. The Morgan fingerprint density at radius 2 is 1.91 bits per heavy atom. The molecule has 32 heavy (non-hydrogen) atoms. The first-order valence-electron chi connectivity index (χ1n) is 10.7. The van der Waals surface area contributed by atoms with E-state index in [1.807, 2.05) is 35.1 Å². The third-order valence-corrected chi connectivity index (χ3v) is 6.04. The van der Waals surface area contributed by atoms with Crippen molar-refractivity contribution in [2.24, 2.45) is 0 Å². The van der Waals surface area contributed by atoms with Gasteiger partial charge in [0.05, 0.1) is 24.5 Å². The summed E-state index contributed by atoms with van der Waals surface area (Å²) in [7, 11) is 1.68. The summed E-state index contributed by atoms with van der Waals surface area (Å²) in [5.41, 5.74) is 8.38. The van der Waals surface area contributed by atoms with E-state index in [0.29, 0.717) is 0 Å². The maximum atomic E-state index is 5.38. The lowest BCUT2D eigenvalue weighted by molar-refractivity contribution is 0.415. The van der Waals surface area contributed by atoms with E-state index in [0.717, 1.165) is 64.4 Å². The minimum Gasteiger partial charge on any atom is -0.497 e. The number of H-pyrrole nitrogens is 1. The average molecular weight is 422 g/mol. The van der Waals surface area contributed by atoms with Crippen LogP contribution in [-0.2, 0) is 13.0 Å². The minimum atomic E-state index is 0.731. The Bertz CT molecular complexity index is 1430. The van der Waals surface area contributed by atoms with Gasteiger partial charge in [0.15, 0.2) is 0 Å². The van der Waals surface area contributed by atoms with E-state index in [9.17, 15) is 0 Å². The normalized spacial score (nSPS) is 13.3. The number of ether oxygens (including phenoxy) is 1. The van der Waals surface area contributed by atoms with Gasteiger partial charge in [0.1, 0.15) is 17.1 Å². The van der Waals surface area contributed by atoms with Crippen LogP contribution in [0.15, 0.2) is 66.9 Å². The number of aromatic nitrogens is 5. The van der Waals surface area contributed by atoms with E-state index in [1.165, 1.54) is 11.1 Å². The predicted octanol–water partition coefficient (Wildman–Crippen LogP) is 4.13. The van der Waals surface area contributed by atoms with Gasteiger partial charge >= 0.3 is 0 Å². The van der Waals surface area contributed by atoms with Gasteiger partial charge in [-0.2, -0.15) is 5.10 Å². The van der Waals surface area contributed by atoms with Crippen molar-refractivity contribution in [3.05, 3.63) is 78.0 Å². The average Bonchev–Trinajstić information content (AvgIpc) is 3.50. The Morgan fingerprint density at radius 3 is 2.84 bits per heavy atom. The maximum Gasteiger partial charge on any atom is 0.134 e. The van der Waals surface area contributed by atoms with Crippen molar-refractivity contribution >= 4 is 10.9 Å². The van der Waals surface area contributed by atoms with Crippen molar-refractivity contribution in [1.82, 2.24) is 30.5 Å². The van der Waals surface area contributed by atoms with Crippen molar-refractivity contribution in [1.29, 1.82) is 0 Å². The molecule has 6 rings (SSSR count). The van der Waals surface area contributed by atoms with Crippen LogP contribution in [0.4, 0.5) is 0 Å². The molecular formula is C25H22N6O. The van der Waals surface area contributed by atoms with Gasteiger partial charge in [-0.1, -0.05) is 29.5 Å². The highest BCUT2D eigenvalue weighted by Gasteiger charge is 2.15. The lowest BCUT2D eigenvalue weighted by Crippen LogP contribution is -2.23. The molecular weight excluding hydrogens is 400 g/mol. The molecule has 7 nitrogen and oxygen atoms in total. The quantitative estimate of drug-likeness (QED) is 0.455. The fourth-order valence-corrected chi connectivity index (χ4v) is 4.30. The van der Waals surface area contributed by atoms with Crippen molar-refractivity contribution in [2.45, 2.75) is 13.0 Å². The maximum absolute atomic E-state index is 5.38. The van der Waals surface area contributed by atoms with E-state index < -0.39 is 0 Å². The molecule has 0 aliphatic carbocycles. The lowest BCUT2D eigenvalue weighted by atomic mass is 10.0. The zero-order chi connectivity index (χ0) is 21.5. The highest BCUT2D eigenvalue weighted by Crippen LogP contribution is 2.31. The van der Waals surface area contributed by atoms with Gasteiger partial charge in [-0.3, -0.25) is 5.10 Å². The van der Waals surface area contributed by atoms with Gasteiger partial charge in [0, 0.05) is 11.9 Å². The van der Waals surface area contributed by atoms with Crippen LogP contribution in [-0.4, -0.2) is 38.8 Å². The fraction of sp³-hybridized carbons (Fsp3) is 0.160. The molecule has 2 aromatic heterocycles. The lowest BCUT2D eigenvalue weighted by Gasteiger charge is -2.17. The minimum absolute atomic E-state index is 0.731. The molecule has 5 aromatic rings. The first-order valence-corrected chi connectivity index (χ1v) is 10.7. The molecule has 3 heterocycles. The van der Waals surface area contributed by atoms with Crippen LogP contribution in [0.3, 0.4) is 0 Å². The standard InChI is InChI=1S/C25H22N6O/c1-32-21-4-2-3-17(12-21)18-6-8-23-22(13-18)25(29-27-23)24-15-31(30-28-24)20-7-5-16-9-10-26-14-19(16)11-20/h2-8,11-13,15,26H,9-10,14H2,1H3,(H,27,29). The molecule has 0 atom stereocenters. The van der Waals surface area contributed by atoms with Crippen LogP contribution >= 0.6 is 0 Å². The molecule has 0 saturated carbocycles. The summed E-state index contributed by atoms with van der Waals surface area (Å²) < 4.78 is 7.19. The van der Waals surface area contributed by atoms with Gasteiger partial charge in [-0.25, -0.2) is 4.68 Å². The molecule has 0 unspecified atom stereocenters. The van der Waals surface area contributed by atoms with Crippen LogP contribution in [0, 0.1) is 0 Å². The number of nitrogens with one attached hydrogen (secondary N) is 2. The smallest absolute Gasteiger partial charge is 0.134 e.